The van der Waals surface area contributed by atoms with Crippen molar-refractivity contribution in [3.05, 3.63) is 41.9 Å². The van der Waals surface area contributed by atoms with Gasteiger partial charge in [-0.2, -0.15) is 0 Å². The molecule has 0 spiro atoms. The Morgan fingerprint density at radius 1 is 1.28 bits per heavy atom. The molecule has 29 heavy (non-hydrogen) atoms. The first kappa shape index (κ1) is 20.1. The predicted molar refractivity (Wildman–Crippen MR) is 105 cm³/mol. The molecule has 1 saturated carbocycles. The number of phosphoric ester groups is 1. The van der Waals surface area contributed by atoms with Gasteiger partial charge in [0.15, 0.2) is 11.5 Å². The van der Waals surface area contributed by atoms with Crippen LogP contribution in [0.15, 0.2) is 36.9 Å². The van der Waals surface area contributed by atoms with Crippen LogP contribution in [-0.2, 0) is 9.09 Å². The van der Waals surface area contributed by atoms with E-state index in [9.17, 15) is 14.6 Å². The van der Waals surface area contributed by atoms with Crippen molar-refractivity contribution in [2.75, 3.05) is 18.9 Å². The lowest BCUT2D eigenvalue weighted by Crippen LogP contribution is -2.42. The molecule has 4 atom stereocenters. The topological polar surface area (TPSA) is 146 Å². The van der Waals surface area contributed by atoms with E-state index >= 15 is 0 Å². The largest absolute Gasteiger partial charge is 0.527 e. The molecule has 4 rings (SSSR count). The Morgan fingerprint density at radius 3 is 2.76 bits per heavy atom. The summed E-state index contributed by atoms with van der Waals surface area (Å²) in [7, 11) is -4.31. The van der Waals surface area contributed by atoms with Crippen molar-refractivity contribution in [2.24, 2.45) is 11.8 Å². The monoisotopic (exact) mass is 439 g/mol. The van der Waals surface area contributed by atoms with E-state index in [1.54, 1.807) is 18.5 Å². The molecule has 1 aromatic carbocycles. The summed E-state index contributed by atoms with van der Waals surface area (Å²) < 4.78 is 24.2. The smallest absolute Gasteiger partial charge is 0.404 e. The average molecular weight is 440 g/mol. The number of hydrogen-bond donors (Lipinski definition) is 3. The Balaban J connectivity index is 1.40. The number of nitrogens with two attached hydrogens (primary N) is 1. The summed E-state index contributed by atoms with van der Waals surface area (Å²) in [5.41, 5.74) is 6.90. The highest BCUT2D eigenvalue weighted by atomic mass is 35.5. The lowest BCUT2D eigenvalue weighted by Gasteiger charge is -2.44. The highest BCUT2D eigenvalue weighted by molar-refractivity contribution is 7.47. The van der Waals surface area contributed by atoms with Gasteiger partial charge in [0.05, 0.1) is 12.9 Å². The molecule has 1 aliphatic rings. The van der Waals surface area contributed by atoms with E-state index in [0.717, 1.165) is 0 Å². The molecule has 2 heterocycles. The maximum Gasteiger partial charge on any atom is 0.527 e. The third-order valence-electron chi connectivity index (χ3n) is 5.09. The lowest BCUT2D eigenvalue weighted by molar-refractivity contribution is -0.00488. The van der Waals surface area contributed by atoms with Crippen molar-refractivity contribution in [1.29, 1.82) is 0 Å². The SMILES string of the molecule is Nc1ncnc2c1ncn2[C@@H]1C[C@H](COP(=O)(O)Oc2ccc(Cl)cc2)[C@H]1CO. The van der Waals surface area contributed by atoms with Gasteiger partial charge in [0.1, 0.15) is 17.6 Å². The number of anilines is 1. The van der Waals surface area contributed by atoms with Crippen molar-refractivity contribution in [1.82, 2.24) is 19.5 Å². The van der Waals surface area contributed by atoms with E-state index in [0.29, 0.717) is 22.6 Å². The molecule has 3 aromatic rings. The quantitative estimate of drug-likeness (QED) is 0.472. The summed E-state index contributed by atoms with van der Waals surface area (Å²) in [6.45, 7) is -0.153. The maximum absolute atomic E-state index is 12.2. The first-order chi connectivity index (χ1) is 13.9. The fourth-order valence-corrected chi connectivity index (χ4v) is 4.46. The van der Waals surface area contributed by atoms with E-state index in [4.69, 9.17) is 26.4 Å². The zero-order chi connectivity index (χ0) is 20.6. The fraction of sp³-hybridized carbons (Fsp3) is 0.353. The van der Waals surface area contributed by atoms with Crippen LogP contribution in [0.3, 0.4) is 0 Å². The van der Waals surface area contributed by atoms with Crippen molar-refractivity contribution in [3.63, 3.8) is 0 Å². The summed E-state index contributed by atoms with van der Waals surface area (Å²) >= 11 is 5.78. The highest BCUT2D eigenvalue weighted by Gasteiger charge is 2.43. The summed E-state index contributed by atoms with van der Waals surface area (Å²) in [6.07, 6.45) is 3.58. The third-order valence-corrected chi connectivity index (χ3v) is 6.25. The van der Waals surface area contributed by atoms with Crippen molar-refractivity contribution < 1.29 is 23.6 Å². The molecule has 0 amide bonds. The van der Waals surface area contributed by atoms with Crippen LogP contribution in [0.25, 0.3) is 11.2 Å². The number of rotatable bonds is 7. The normalized spacial score (nSPS) is 23.5. The minimum Gasteiger partial charge on any atom is -0.404 e. The molecule has 154 valence electrons. The van der Waals surface area contributed by atoms with Crippen molar-refractivity contribution in [3.8, 4) is 5.75 Å². The average Bonchev–Trinajstić information content (AvgIpc) is 3.08. The Morgan fingerprint density at radius 2 is 2.03 bits per heavy atom. The molecule has 10 nitrogen and oxygen atoms in total. The van der Waals surface area contributed by atoms with Gasteiger partial charge in [0.25, 0.3) is 0 Å². The number of halogens is 1. The Labute approximate surface area is 170 Å². The van der Waals surface area contributed by atoms with Gasteiger partial charge in [-0.25, -0.2) is 19.5 Å². The highest BCUT2D eigenvalue weighted by Crippen LogP contribution is 2.49. The minimum atomic E-state index is -4.31. The molecule has 2 aromatic heterocycles. The number of phosphoric acid groups is 1. The molecule has 1 fully saturated rings. The van der Waals surface area contributed by atoms with Gasteiger partial charge in [-0.1, -0.05) is 11.6 Å². The Hall–Kier alpha value is -2.23. The van der Waals surface area contributed by atoms with Crippen molar-refractivity contribution >= 4 is 36.4 Å². The second kappa shape index (κ2) is 7.89. The number of fused-ring (bicyclic) bond motifs is 1. The van der Waals surface area contributed by atoms with Gasteiger partial charge in [-0.15, -0.1) is 0 Å². The van der Waals surface area contributed by atoms with E-state index in [2.05, 4.69) is 15.0 Å². The number of nitrogens with zero attached hydrogens (tertiary/aromatic N) is 4. The van der Waals surface area contributed by atoms with Crippen LogP contribution in [0, 0.1) is 11.8 Å². The van der Waals surface area contributed by atoms with Crippen LogP contribution in [0.1, 0.15) is 12.5 Å². The standard InChI is InChI=1S/C17H19ClN5O5P/c18-11-1-3-12(4-2-11)28-29(25,26)27-7-10-5-14(13(10)6-24)23-9-22-15-16(19)20-8-21-17(15)23/h1-4,8-10,13-14,24H,5-7H2,(H,25,26)(H2,19,20,21)/t10-,13-,14-/m1/s1. The van der Waals surface area contributed by atoms with Crippen LogP contribution in [0.2, 0.25) is 5.02 Å². The zero-order valence-electron chi connectivity index (χ0n) is 15.1. The Bertz CT molecular complexity index is 1060. The second-order valence-corrected chi connectivity index (χ2v) is 8.62. The van der Waals surface area contributed by atoms with E-state index in [1.165, 1.54) is 18.5 Å². The molecule has 0 aliphatic heterocycles. The zero-order valence-corrected chi connectivity index (χ0v) is 16.8. The van der Waals surface area contributed by atoms with E-state index in [-0.39, 0.29) is 42.7 Å². The van der Waals surface area contributed by atoms with Crippen LogP contribution < -0.4 is 10.3 Å². The molecule has 0 bridgehead atoms. The Kier molecular flexibility index (Phi) is 5.46. The molecule has 4 N–H and O–H groups in total. The predicted octanol–water partition coefficient (Wildman–Crippen LogP) is 2.43. The van der Waals surface area contributed by atoms with Gasteiger partial charge in [-0.05, 0) is 36.6 Å². The van der Waals surface area contributed by atoms with Crippen LogP contribution in [0.5, 0.6) is 5.75 Å². The van der Waals surface area contributed by atoms with Crippen LogP contribution in [-0.4, -0.2) is 42.7 Å². The van der Waals surface area contributed by atoms with Crippen LogP contribution in [0.4, 0.5) is 5.82 Å². The van der Waals surface area contributed by atoms with Crippen molar-refractivity contribution in [2.45, 2.75) is 12.5 Å². The molecule has 0 radical (unpaired) electrons. The maximum atomic E-state index is 12.2. The first-order valence-corrected chi connectivity index (χ1v) is 10.7. The number of imidazole rings is 1. The van der Waals surface area contributed by atoms with Gasteiger partial charge >= 0.3 is 7.82 Å². The number of hydrogen-bond acceptors (Lipinski definition) is 8. The van der Waals surface area contributed by atoms with E-state index in [1.807, 2.05) is 4.57 Å². The van der Waals surface area contributed by atoms with Gasteiger partial charge < -0.3 is 19.9 Å². The summed E-state index contributed by atoms with van der Waals surface area (Å²) in [4.78, 5) is 22.3. The number of aliphatic hydroxyl groups is 1. The van der Waals surface area contributed by atoms with Gasteiger partial charge in [0.2, 0.25) is 0 Å². The number of benzene rings is 1. The molecular weight excluding hydrogens is 421 g/mol. The molecule has 1 unspecified atom stereocenters. The lowest BCUT2D eigenvalue weighted by atomic mass is 9.70. The number of aliphatic hydroxyl groups excluding tert-OH is 1. The summed E-state index contributed by atoms with van der Waals surface area (Å²) in [5, 5.41) is 10.3. The number of aromatic nitrogens is 4. The van der Waals surface area contributed by atoms with E-state index < -0.39 is 7.82 Å². The number of nitrogen functional groups attached to an aromatic ring is 1. The summed E-state index contributed by atoms with van der Waals surface area (Å²) in [5.74, 6) is 0.136. The minimum absolute atomic E-state index is 0.0349. The summed E-state index contributed by atoms with van der Waals surface area (Å²) in [6, 6.07) is 5.95. The first-order valence-electron chi connectivity index (χ1n) is 8.84. The second-order valence-electron chi connectivity index (χ2n) is 6.80. The molecular formula is C17H19ClN5O5P. The molecule has 0 saturated heterocycles. The van der Waals surface area contributed by atoms with Gasteiger partial charge in [-0.3, -0.25) is 9.42 Å². The molecule has 12 heteroatoms. The molecule has 1 aliphatic carbocycles. The van der Waals surface area contributed by atoms with Crippen LogP contribution >= 0.6 is 19.4 Å². The third kappa shape index (κ3) is 4.08. The van der Waals surface area contributed by atoms with Gasteiger partial charge in [0, 0.05) is 23.6 Å². The fourth-order valence-electron chi connectivity index (χ4n) is 3.52.